The van der Waals surface area contributed by atoms with E-state index in [1.165, 1.54) is 23.8 Å². The Morgan fingerprint density at radius 1 is 1.50 bits per heavy atom. The highest BCUT2D eigenvalue weighted by atomic mass is 79.9. The molecule has 0 spiro atoms. The number of rotatable bonds is 4. The standard InChI is InChI=1S/C11H14BrN5O/c12-6-7-16(8-2-1-3-8)10-5-4-9-13-14-11(18)17(9)15-10/h4-5,8H,1-3,6-7H2,(H,14,18). The Hall–Kier alpha value is -1.37. The molecule has 1 N–H and O–H groups in total. The summed E-state index contributed by atoms with van der Waals surface area (Å²) in [7, 11) is 0. The van der Waals surface area contributed by atoms with Crippen LogP contribution in [0.15, 0.2) is 16.9 Å². The van der Waals surface area contributed by atoms with E-state index in [1.807, 2.05) is 12.1 Å². The zero-order valence-electron chi connectivity index (χ0n) is 9.84. The maximum atomic E-state index is 11.5. The minimum Gasteiger partial charge on any atom is -0.351 e. The fourth-order valence-corrected chi connectivity index (χ4v) is 2.60. The summed E-state index contributed by atoms with van der Waals surface area (Å²) >= 11 is 3.47. The molecule has 0 unspecified atom stereocenters. The SMILES string of the molecule is O=c1[nH]nc2ccc(N(CCBr)C3CCC3)nn12. The molecule has 1 aliphatic carbocycles. The Morgan fingerprint density at radius 3 is 3.00 bits per heavy atom. The molecule has 1 aliphatic rings. The number of hydrogen-bond donors (Lipinski definition) is 1. The summed E-state index contributed by atoms with van der Waals surface area (Å²) < 4.78 is 1.31. The van der Waals surface area contributed by atoms with Crippen molar-refractivity contribution in [3.8, 4) is 0 Å². The van der Waals surface area contributed by atoms with E-state index in [0.717, 1.165) is 17.7 Å². The molecule has 0 amide bonds. The van der Waals surface area contributed by atoms with Crippen LogP contribution >= 0.6 is 15.9 Å². The molecule has 18 heavy (non-hydrogen) atoms. The van der Waals surface area contributed by atoms with Gasteiger partial charge in [-0.25, -0.2) is 9.89 Å². The smallest absolute Gasteiger partial charge is 0.351 e. The minimum atomic E-state index is -0.292. The van der Waals surface area contributed by atoms with Gasteiger partial charge < -0.3 is 4.90 Å². The summed E-state index contributed by atoms with van der Waals surface area (Å²) in [6, 6.07) is 4.30. The van der Waals surface area contributed by atoms with Crippen LogP contribution in [0.25, 0.3) is 5.65 Å². The van der Waals surface area contributed by atoms with Crippen molar-refractivity contribution in [2.45, 2.75) is 25.3 Å². The number of anilines is 1. The molecular formula is C11H14BrN5O. The van der Waals surface area contributed by atoms with Crippen LogP contribution in [0, 0.1) is 0 Å². The topological polar surface area (TPSA) is 66.3 Å². The molecule has 0 saturated heterocycles. The maximum Gasteiger partial charge on any atom is 0.364 e. The second kappa shape index (κ2) is 4.72. The number of halogens is 1. The van der Waals surface area contributed by atoms with Crippen LogP contribution < -0.4 is 10.6 Å². The molecule has 3 rings (SSSR count). The summed E-state index contributed by atoms with van der Waals surface area (Å²) in [4.78, 5) is 13.8. The van der Waals surface area contributed by atoms with E-state index in [4.69, 9.17) is 0 Å². The van der Waals surface area contributed by atoms with Crippen molar-refractivity contribution in [3.05, 3.63) is 22.6 Å². The van der Waals surface area contributed by atoms with Gasteiger partial charge in [0.2, 0.25) is 0 Å². The lowest BCUT2D eigenvalue weighted by Gasteiger charge is -2.37. The number of aromatic amines is 1. The molecule has 0 radical (unpaired) electrons. The van der Waals surface area contributed by atoms with Gasteiger partial charge in [0.15, 0.2) is 5.65 Å². The average Bonchev–Trinajstić information content (AvgIpc) is 2.68. The third kappa shape index (κ3) is 1.92. The minimum absolute atomic E-state index is 0.292. The van der Waals surface area contributed by atoms with Crippen LogP contribution in [-0.2, 0) is 0 Å². The third-order valence-corrected chi connectivity index (χ3v) is 3.75. The average molecular weight is 312 g/mol. The first-order valence-electron chi connectivity index (χ1n) is 6.06. The van der Waals surface area contributed by atoms with Gasteiger partial charge in [0.1, 0.15) is 5.82 Å². The van der Waals surface area contributed by atoms with Gasteiger partial charge in [-0.2, -0.15) is 9.61 Å². The molecule has 6 nitrogen and oxygen atoms in total. The van der Waals surface area contributed by atoms with Gasteiger partial charge in [-0.05, 0) is 31.4 Å². The summed E-state index contributed by atoms with van der Waals surface area (Å²) in [6.45, 7) is 0.899. The van der Waals surface area contributed by atoms with Crippen molar-refractivity contribution in [3.63, 3.8) is 0 Å². The predicted octanol–water partition coefficient (Wildman–Crippen LogP) is 1.17. The predicted molar refractivity (Wildman–Crippen MR) is 72.4 cm³/mol. The second-order valence-electron chi connectivity index (χ2n) is 4.46. The summed E-state index contributed by atoms with van der Waals surface area (Å²) in [5.74, 6) is 0.843. The molecule has 2 heterocycles. The van der Waals surface area contributed by atoms with E-state index in [2.05, 4.69) is 36.1 Å². The normalized spacial score (nSPS) is 15.8. The van der Waals surface area contributed by atoms with Crippen molar-refractivity contribution < 1.29 is 0 Å². The van der Waals surface area contributed by atoms with Crippen LogP contribution in [0.2, 0.25) is 0 Å². The van der Waals surface area contributed by atoms with Crippen molar-refractivity contribution in [1.82, 2.24) is 19.8 Å². The number of H-pyrrole nitrogens is 1. The highest BCUT2D eigenvalue weighted by Crippen LogP contribution is 2.28. The number of fused-ring (bicyclic) bond motifs is 1. The highest BCUT2D eigenvalue weighted by molar-refractivity contribution is 9.09. The van der Waals surface area contributed by atoms with Crippen LogP contribution in [0.3, 0.4) is 0 Å². The van der Waals surface area contributed by atoms with Crippen molar-refractivity contribution in [2.75, 3.05) is 16.8 Å². The van der Waals surface area contributed by atoms with Gasteiger partial charge in [-0.15, -0.1) is 5.10 Å². The van der Waals surface area contributed by atoms with Gasteiger partial charge in [0, 0.05) is 17.9 Å². The zero-order chi connectivity index (χ0) is 12.5. The lowest BCUT2D eigenvalue weighted by Crippen LogP contribution is -2.42. The highest BCUT2D eigenvalue weighted by Gasteiger charge is 2.25. The molecule has 1 fully saturated rings. The van der Waals surface area contributed by atoms with Crippen molar-refractivity contribution in [2.24, 2.45) is 0 Å². The summed E-state index contributed by atoms with van der Waals surface area (Å²) in [5.41, 5.74) is 0.260. The number of hydrogen-bond acceptors (Lipinski definition) is 4. The monoisotopic (exact) mass is 311 g/mol. The van der Waals surface area contributed by atoms with Gasteiger partial charge in [-0.1, -0.05) is 15.9 Å². The van der Waals surface area contributed by atoms with E-state index in [0.29, 0.717) is 11.7 Å². The van der Waals surface area contributed by atoms with Crippen LogP contribution in [-0.4, -0.2) is 37.7 Å². The lowest BCUT2D eigenvalue weighted by atomic mass is 9.91. The molecule has 2 aromatic heterocycles. The molecule has 96 valence electrons. The molecule has 2 aromatic rings. The Morgan fingerprint density at radius 2 is 2.33 bits per heavy atom. The third-order valence-electron chi connectivity index (χ3n) is 3.39. The van der Waals surface area contributed by atoms with E-state index >= 15 is 0 Å². The largest absolute Gasteiger partial charge is 0.364 e. The first-order valence-corrected chi connectivity index (χ1v) is 7.19. The van der Waals surface area contributed by atoms with Gasteiger partial charge >= 0.3 is 5.69 Å². The van der Waals surface area contributed by atoms with Crippen molar-refractivity contribution >= 4 is 27.4 Å². The van der Waals surface area contributed by atoms with Gasteiger partial charge in [0.05, 0.1) is 0 Å². The van der Waals surface area contributed by atoms with Crippen LogP contribution in [0.1, 0.15) is 19.3 Å². The summed E-state index contributed by atoms with van der Waals surface area (Å²) in [5, 5.41) is 11.5. The maximum absolute atomic E-state index is 11.5. The molecule has 0 aromatic carbocycles. The molecule has 7 heteroatoms. The van der Waals surface area contributed by atoms with E-state index in [1.54, 1.807) is 0 Å². The first kappa shape index (κ1) is 11.7. The van der Waals surface area contributed by atoms with Crippen molar-refractivity contribution in [1.29, 1.82) is 0 Å². The fourth-order valence-electron chi connectivity index (χ4n) is 2.22. The van der Waals surface area contributed by atoms with Crippen LogP contribution in [0.5, 0.6) is 0 Å². The van der Waals surface area contributed by atoms with Gasteiger partial charge in [-0.3, -0.25) is 0 Å². The number of nitrogens with one attached hydrogen (secondary N) is 1. The Labute approximate surface area is 112 Å². The Kier molecular flexibility index (Phi) is 3.07. The van der Waals surface area contributed by atoms with E-state index in [9.17, 15) is 4.79 Å². The summed E-state index contributed by atoms with van der Waals surface area (Å²) in [6.07, 6.45) is 3.68. The second-order valence-corrected chi connectivity index (χ2v) is 5.25. The van der Waals surface area contributed by atoms with Gasteiger partial charge in [0.25, 0.3) is 0 Å². The number of aromatic nitrogens is 4. The fraction of sp³-hybridized carbons (Fsp3) is 0.545. The lowest BCUT2D eigenvalue weighted by molar-refractivity contribution is 0.388. The molecule has 0 atom stereocenters. The number of nitrogens with zero attached hydrogens (tertiary/aromatic N) is 4. The quantitative estimate of drug-likeness (QED) is 0.861. The van der Waals surface area contributed by atoms with E-state index < -0.39 is 0 Å². The molecular weight excluding hydrogens is 298 g/mol. The molecule has 0 bridgehead atoms. The Balaban J connectivity index is 1.99. The van der Waals surface area contributed by atoms with E-state index in [-0.39, 0.29) is 5.69 Å². The van der Waals surface area contributed by atoms with Crippen LogP contribution in [0.4, 0.5) is 5.82 Å². The Bertz CT molecular complexity index is 603. The first-order chi connectivity index (χ1) is 8.79. The number of alkyl halides is 1. The molecule has 0 aliphatic heterocycles. The molecule has 1 saturated carbocycles. The zero-order valence-corrected chi connectivity index (χ0v) is 11.4.